The first kappa shape index (κ1) is 23.6. The number of nitrogens with zero attached hydrogens (tertiary/aromatic N) is 3. The molecule has 3 rings (SSSR count). The molecule has 0 aliphatic rings. The van der Waals surface area contributed by atoms with E-state index in [0.717, 1.165) is 5.56 Å². The molecule has 0 aliphatic heterocycles. The first-order valence-electron chi connectivity index (χ1n) is 10.0. The Hall–Kier alpha value is -3.11. The van der Waals surface area contributed by atoms with Crippen molar-refractivity contribution in [1.82, 2.24) is 20.2 Å². The van der Waals surface area contributed by atoms with E-state index in [2.05, 4.69) is 15.3 Å². The third-order valence-electron chi connectivity index (χ3n) is 4.87. The number of aryl methyl sites for hydroxylation is 1. The first-order valence-corrected chi connectivity index (χ1v) is 10.8. The van der Waals surface area contributed by atoms with Crippen LogP contribution in [0.2, 0.25) is 0 Å². The summed E-state index contributed by atoms with van der Waals surface area (Å²) in [5.74, 6) is -0.0555. The SMILES string of the molecule is CCN(CC(=O)NCc1ccc(F)cc1)C(=O)c1sc2nc(COC)nc(OC)c2c1C. The zero-order chi connectivity index (χ0) is 23.3. The lowest BCUT2D eigenvalue weighted by molar-refractivity contribution is -0.121. The highest BCUT2D eigenvalue weighted by atomic mass is 32.1. The maximum Gasteiger partial charge on any atom is 0.264 e. The van der Waals surface area contributed by atoms with Crippen LogP contribution >= 0.6 is 11.3 Å². The van der Waals surface area contributed by atoms with Gasteiger partial charge in [0, 0.05) is 20.2 Å². The number of aromatic nitrogens is 2. The van der Waals surface area contributed by atoms with Crippen LogP contribution in [0.5, 0.6) is 5.88 Å². The summed E-state index contributed by atoms with van der Waals surface area (Å²) >= 11 is 1.24. The van der Waals surface area contributed by atoms with Crippen LogP contribution in [0.25, 0.3) is 10.2 Å². The van der Waals surface area contributed by atoms with Crippen molar-refractivity contribution in [2.45, 2.75) is 27.0 Å². The molecular weight excluding hydrogens is 435 g/mol. The molecule has 0 fully saturated rings. The van der Waals surface area contributed by atoms with Gasteiger partial charge in [-0.05, 0) is 37.1 Å². The Balaban J connectivity index is 1.77. The van der Waals surface area contributed by atoms with Crippen LogP contribution in [0, 0.1) is 12.7 Å². The van der Waals surface area contributed by atoms with Crippen molar-refractivity contribution in [1.29, 1.82) is 0 Å². The lowest BCUT2D eigenvalue weighted by atomic mass is 10.2. The van der Waals surface area contributed by atoms with Gasteiger partial charge in [0.15, 0.2) is 5.82 Å². The van der Waals surface area contributed by atoms with E-state index in [1.165, 1.54) is 35.5 Å². The highest BCUT2D eigenvalue weighted by molar-refractivity contribution is 7.20. The Kier molecular flexibility index (Phi) is 7.70. The van der Waals surface area contributed by atoms with Gasteiger partial charge in [-0.15, -0.1) is 11.3 Å². The van der Waals surface area contributed by atoms with Crippen LogP contribution < -0.4 is 10.1 Å². The molecule has 8 nitrogen and oxygen atoms in total. The van der Waals surface area contributed by atoms with E-state index in [1.807, 2.05) is 13.8 Å². The normalized spacial score (nSPS) is 10.9. The zero-order valence-corrected chi connectivity index (χ0v) is 19.2. The summed E-state index contributed by atoms with van der Waals surface area (Å²) in [6.07, 6.45) is 0. The quantitative estimate of drug-likeness (QED) is 0.528. The molecule has 170 valence electrons. The number of methoxy groups -OCH3 is 2. The van der Waals surface area contributed by atoms with Crippen molar-refractivity contribution < 1.29 is 23.5 Å². The Morgan fingerprint density at radius 2 is 1.91 bits per heavy atom. The summed E-state index contributed by atoms with van der Waals surface area (Å²) in [6, 6.07) is 5.88. The van der Waals surface area contributed by atoms with Crippen LogP contribution in [0.4, 0.5) is 4.39 Å². The summed E-state index contributed by atoms with van der Waals surface area (Å²) in [6.45, 7) is 4.36. The second kappa shape index (κ2) is 10.5. The number of amides is 2. The summed E-state index contributed by atoms with van der Waals surface area (Å²) < 4.78 is 23.5. The van der Waals surface area contributed by atoms with Crippen molar-refractivity contribution in [3.63, 3.8) is 0 Å². The smallest absolute Gasteiger partial charge is 0.264 e. The van der Waals surface area contributed by atoms with Crippen molar-refractivity contribution in [3.05, 3.63) is 51.9 Å². The van der Waals surface area contributed by atoms with Gasteiger partial charge in [0.25, 0.3) is 5.91 Å². The fourth-order valence-corrected chi connectivity index (χ4v) is 4.35. The lowest BCUT2D eigenvalue weighted by Crippen LogP contribution is -2.40. The lowest BCUT2D eigenvalue weighted by Gasteiger charge is -2.20. The number of ether oxygens (including phenoxy) is 2. The van der Waals surface area contributed by atoms with Crippen LogP contribution in [-0.4, -0.2) is 54.0 Å². The second-order valence-electron chi connectivity index (χ2n) is 7.04. The summed E-state index contributed by atoms with van der Waals surface area (Å²) in [5, 5.41) is 3.44. The number of halogens is 1. The highest BCUT2D eigenvalue weighted by Gasteiger charge is 2.25. The number of nitrogens with one attached hydrogen (secondary N) is 1. The molecule has 0 bridgehead atoms. The van der Waals surface area contributed by atoms with Crippen LogP contribution in [-0.2, 0) is 22.7 Å². The van der Waals surface area contributed by atoms with Gasteiger partial charge in [-0.2, -0.15) is 4.98 Å². The van der Waals surface area contributed by atoms with Gasteiger partial charge in [-0.25, -0.2) is 9.37 Å². The molecule has 0 saturated carbocycles. The standard InChI is InChI=1S/C22H25FN4O4S/c1-5-27(11-17(28)24-10-14-6-8-15(23)9-7-14)22(29)19-13(2)18-20(31-4)25-16(12-30-3)26-21(18)32-19/h6-9H,5,10-12H2,1-4H3,(H,24,28). The fourth-order valence-electron chi connectivity index (χ4n) is 3.19. The number of hydrogen-bond acceptors (Lipinski definition) is 7. The van der Waals surface area contributed by atoms with Gasteiger partial charge in [-0.1, -0.05) is 12.1 Å². The molecule has 32 heavy (non-hydrogen) atoms. The van der Waals surface area contributed by atoms with Crippen molar-refractivity contribution in [2.24, 2.45) is 0 Å². The minimum absolute atomic E-state index is 0.0953. The van der Waals surface area contributed by atoms with Gasteiger partial charge >= 0.3 is 0 Å². The zero-order valence-electron chi connectivity index (χ0n) is 18.4. The second-order valence-corrected chi connectivity index (χ2v) is 8.04. The van der Waals surface area contributed by atoms with E-state index in [-0.39, 0.29) is 37.3 Å². The minimum Gasteiger partial charge on any atom is -0.480 e. The van der Waals surface area contributed by atoms with Gasteiger partial charge in [0.2, 0.25) is 11.8 Å². The maximum absolute atomic E-state index is 13.2. The molecule has 0 aliphatic carbocycles. The third kappa shape index (κ3) is 5.20. The molecule has 1 aromatic carbocycles. The fraction of sp³-hybridized carbons (Fsp3) is 0.364. The average Bonchev–Trinajstić information content (AvgIpc) is 3.12. The molecule has 0 saturated heterocycles. The van der Waals surface area contributed by atoms with Gasteiger partial charge in [0.1, 0.15) is 17.3 Å². The predicted molar refractivity (Wildman–Crippen MR) is 119 cm³/mol. The van der Waals surface area contributed by atoms with Gasteiger partial charge < -0.3 is 19.7 Å². The summed E-state index contributed by atoms with van der Waals surface area (Å²) in [7, 11) is 3.07. The van der Waals surface area contributed by atoms with E-state index in [4.69, 9.17) is 9.47 Å². The van der Waals surface area contributed by atoms with Crippen LogP contribution in [0.3, 0.4) is 0 Å². The van der Waals surface area contributed by atoms with Gasteiger partial charge in [-0.3, -0.25) is 9.59 Å². The minimum atomic E-state index is -0.336. The number of rotatable bonds is 9. The average molecular weight is 461 g/mol. The number of benzene rings is 1. The number of hydrogen-bond donors (Lipinski definition) is 1. The third-order valence-corrected chi connectivity index (χ3v) is 6.04. The van der Waals surface area contributed by atoms with E-state index in [9.17, 15) is 14.0 Å². The Labute approximate surface area is 189 Å². The molecule has 2 amide bonds. The molecule has 0 spiro atoms. The molecule has 10 heteroatoms. The van der Waals surface area contributed by atoms with Gasteiger partial charge in [0.05, 0.1) is 23.9 Å². The molecular formula is C22H25FN4O4S. The molecule has 0 atom stereocenters. The molecule has 1 N–H and O–H groups in total. The largest absolute Gasteiger partial charge is 0.480 e. The molecule has 0 radical (unpaired) electrons. The summed E-state index contributed by atoms with van der Waals surface area (Å²) in [4.78, 5) is 37.1. The first-order chi connectivity index (χ1) is 15.4. The van der Waals surface area contributed by atoms with Crippen molar-refractivity contribution in [2.75, 3.05) is 27.3 Å². The Morgan fingerprint density at radius 3 is 2.53 bits per heavy atom. The van der Waals surface area contributed by atoms with E-state index in [1.54, 1.807) is 19.2 Å². The van der Waals surface area contributed by atoms with Crippen molar-refractivity contribution in [3.8, 4) is 5.88 Å². The van der Waals surface area contributed by atoms with E-state index < -0.39 is 0 Å². The number of carbonyl (C=O) groups excluding carboxylic acids is 2. The molecule has 2 heterocycles. The predicted octanol–water partition coefficient (Wildman–Crippen LogP) is 3.07. The van der Waals surface area contributed by atoms with Crippen LogP contribution in [0.1, 0.15) is 33.5 Å². The Bertz CT molecular complexity index is 1120. The van der Waals surface area contributed by atoms with Crippen LogP contribution in [0.15, 0.2) is 24.3 Å². The number of carbonyl (C=O) groups is 2. The van der Waals surface area contributed by atoms with Crippen molar-refractivity contribution >= 4 is 33.4 Å². The topological polar surface area (TPSA) is 93.7 Å². The maximum atomic E-state index is 13.2. The molecule has 3 aromatic rings. The number of thiophene rings is 1. The summed E-state index contributed by atoms with van der Waals surface area (Å²) in [5.41, 5.74) is 1.48. The van der Waals surface area contributed by atoms with E-state index in [0.29, 0.717) is 38.9 Å². The molecule has 0 unspecified atom stereocenters. The highest BCUT2D eigenvalue weighted by Crippen LogP contribution is 2.35. The number of likely N-dealkylation sites (N-methyl/N-ethyl adjacent to an activating group) is 1. The van der Waals surface area contributed by atoms with E-state index >= 15 is 0 Å². The monoisotopic (exact) mass is 460 g/mol. The molecule has 2 aromatic heterocycles. The Morgan fingerprint density at radius 1 is 1.19 bits per heavy atom. The number of fused-ring (bicyclic) bond motifs is 1.